The predicted molar refractivity (Wildman–Crippen MR) is 134 cm³/mol. The molecule has 4 aromatic rings. The summed E-state index contributed by atoms with van der Waals surface area (Å²) in [6, 6.07) is 22.7. The van der Waals surface area contributed by atoms with Gasteiger partial charge in [0.25, 0.3) is 5.91 Å². The summed E-state index contributed by atoms with van der Waals surface area (Å²) in [5.41, 5.74) is 4.56. The maximum absolute atomic E-state index is 14.2. The maximum atomic E-state index is 14.2. The lowest BCUT2D eigenvalue weighted by Gasteiger charge is -2.06. The van der Waals surface area contributed by atoms with E-state index in [2.05, 4.69) is 17.2 Å². The van der Waals surface area contributed by atoms with E-state index in [9.17, 15) is 9.18 Å². The third-order valence-corrected chi connectivity index (χ3v) is 6.54. The molecule has 0 saturated carbocycles. The number of aromatic nitrogens is 1. The Kier molecular flexibility index (Phi) is 5.84. The van der Waals surface area contributed by atoms with Gasteiger partial charge in [0.2, 0.25) is 0 Å². The molecule has 164 valence electrons. The van der Waals surface area contributed by atoms with Crippen LogP contribution < -0.4 is 5.32 Å². The van der Waals surface area contributed by atoms with Gasteiger partial charge in [-0.25, -0.2) is 9.38 Å². The van der Waals surface area contributed by atoms with Gasteiger partial charge in [-0.2, -0.15) is 0 Å². The van der Waals surface area contributed by atoms with Gasteiger partial charge in [-0.15, -0.1) is 0 Å². The van der Waals surface area contributed by atoms with Crippen molar-refractivity contribution in [3.8, 4) is 0 Å². The standard InChI is InChI=1S/C27H22FN3OS/c1-2-18-11-13-21(14-12-18)29-27-30-26(32)25(33-27)15-20-17-31(24-10-6-4-8-22(20)24)16-19-7-3-5-9-23(19)28/h3-15,17H,2,16H2,1H3,(H,29,30,32)/b25-15-. The second-order valence-corrected chi connectivity index (χ2v) is 8.85. The van der Waals surface area contributed by atoms with Crippen LogP contribution in [0.25, 0.3) is 17.0 Å². The first kappa shape index (κ1) is 21.2. The van der Waals surface area contributed by atoms with Crippen LogP contribution in [0.5, 0.6) is 0 Å². The molecule has 33 heavy (non-hydrogen) atoms. The Labute approximate surface area is 195 Å². The first-order chi connectivity index (χ1) is 16.1. The summed E-state index contributed by atoms with van der Waals surface area (Å²) in [6.45, 7) is 2.52. The van der Waals surface area contributed by atoms with Crippen LogP contribution in [0.2, 0.25) is 0 Å². The van der Waals surface area contributed by atoms with Crippen molar-refractivity contribution in [3.05, 3.63) is 106 Å². The average Bonchev–Trinajstić information content (AvgIpc) is 3.35. The summed E-state index contributed by atoms with van der Waals surface area (Å²) in [7, 11) is 0. The predicted octanol–water partition coefficient (Wildman–Crippen LogP) is 6.28. The Balaban J connectivity index is 1.45. The number of nitrogens with one attached hydrogen (secondary N) is 1. The van der Waals surface area contributed by atoms with E-state index in [1.165, 1.54) is 23.4 Å². The summed E-state index contributed by atoms with van der Waals surface area (Å²) in [4.78, 5) is 17.8. The number of carbonyl (C=O) groups excluding carboxylic acids is 1. The van der Waals surface area contributed by atoms with E-state index < -0.39 is 0 Å². The summed E-state index contributed by atoms with van der Waals surface area (Å²) >= 11 is 1.32. The minimum atomic E-state index is -0.228. The summed E-state index contributed by atoms with van der Waals surface area (Å²) in [5.74, 6) is -0.399. The van der Waals surface area contributed by atoms with Gasteiger partial charge in [0.1, 0.15) is 5.82 Å². The maximum Gasteiger partial charge on any atom is 0.264 e. The smallest absolute Gasteiger partial charge is 0.264 e. The molecule has 0 atom stereocenters. The van der Waals surface area contributed by atoms with Crippen molar-refractivity contribution in [2.45, 2.75) is 19.9 Å². The molecule has 5 rings (SSSR count). The van der Waals surface area contributed by atoms with Crippen LogP contribution >= 0.6 is 11.8 Å². The Morgan fingerprint density at radius 3 is 2.58 bits per heavy atom. The molecular weight excluding hydrogens is 433 g/mol. The Morgan fingerprint density at radius 2 is 1.79 bits per heavy atom. The number of aliphatic imine (C=N–C) groups is 1. The molecule has 2 heterocycles. The number of fused-ring (bicyclic) bond motifs is 1. The van der Waals surface area contributed by atoms with Gasteiger partial charge in [0.15, 0.2) is 5.17 Å². The van der Waals surface area contributed by atoms with E-state index in [0.29, 0.717) is 22.2 Å². The van der Waals surface area contributed by atoms with Crippen molar-refractivity contribution in [2.24, 2.45) is 4.99 Å². The van der Waals surface area contributed by atoms with Gasteiger partial charge in [-0.05, 0) is 54.1 Å². The molecule has 0 spiro atoms. The van der Waals surface area contributed by atoms with Gasteiger partial charge in [0.05, 0.1) is 17.1 Å². The Hall–Kier alpha value is -3.64. The SMILES string of the molecule is CCc1ccc(N=C2NC(=O)/C(=C/c3cn(Cc4ccccc4F)c4ccccc34)S2)cc1. The van der Waals surface area contributed by atoms with E-state index >= 15 is 0 Å². The van der Waals surface area contributed by atoms with Gasteiger partial charge in [0, 0.05) is 28.2 Å². The van der Waals surface area contributed by atoms with E-state index in [-0.39, 0.29) is 11.7 Å². The summed E-state index contributed by atoms with van der Waals surface area (Å²) < 4.78 is 16.2. The van der Waals surface area contributed by atoms with Crippen LogP contribution in [0.15, 0.2) is 88.9 Å². The number of halogens is 1. The Bertz CT molecular complexity index is 1400. The van der Waals surface area contributed by atoms with Crippen molar-refractivity contribution < 1.29 is 9.18 Å². The second kappa shape index (κ2) is 9.08. The van der Waals surface area contributed by atoms with Crippen LogP contribution in [-0.4, -0.2) is 15.6 Å². The molecule has 1 aromatic heterocycles. The number of para-hydroxylation sites is 1. The third-order valence-electron chi connectivity index (χ3n) is 5.63. The van der Waals surface area contributed by atoms with E-state index in [1.807, 2.05) is 71.4 Å². The molecule has 1 aliphatic rings. The van der Waals surface area contributed by atoms with Gasteiger partial charge in [-0.3, -0.25) is 4.79 Å². The number of thioether (sulfide) groups is 1. The highest BCUT2D eigenvalue weighted by Gasteiger charge is 2.24. The fourth-order valence-corrected chi connectivity index (χ4v) is 4.71. The minimum Gasteiger partial charge on any atom is -0.342 e. The number of amidine groups is 1. The topological polar surface area (TPSA) is 46.4 Å². The highest BCUT2D eigenvalue weighted by Crippen LogP contribution is 2.31. The third kappa shape index (κ3) is 4.47. The van der Waals surface area contributed by atoms with Crippen molar-refractivity contribution in [1.82, 2.24) is 9.88 Å². The second-order valence-electron chi connectivity index (χ2n) is 7.82. The van der Waals surface area contributed by atoms with E-state index in [1.54, 1.807) is 12.1 Å². The lowest BCUT2D eigenvalue weighted by atomic mass is 10.1. The van der Waals surface area contributed by atoms with E-state index in [0.717, 1.165) is 28.6 Å². The number of aryl methyl sites for hydroxylation is 1. The fraction of sp³-hybridized carbons (Fsp3) is 0.111. The number of amides is 1. The van der Waals surface area contributed by atoms with Crippen LogP contribution in [-0.2, 0) is 17.8 Å². The molecule has 0 aliphatic carbocycles. The quantitative estimate of drug-likeness (QED) is 0.360. The number of hydrogen-bond acceptors (Lipinski definition) is 3. The van der Waals surface area contributed by atoms with Crippen LogP contribution in [0.4, 0.5) is 10.1 Å². The number of nitrogens with zero attached hydrogens (tertiary/aromatic N) is 2. The molecule has 1 aliphatic heterocycles. The zero-order valence-electron chi connectivity index (χ0n) is 18.1. The lowest BCUT2D eigenvalue weighted by Crippen LogP contribution is -2.19. The number of carbonyl (C=O) groups is 1. The van der Waals surface area contributed by atoms with Crippen LogP contribution in [0, 0.1) is 5.82 Å². The van der Waals surface area contributed by atoms with Crippen molar-refractivity contribution in [1.29, 1.82) is 0 Å². The van der Waals surface area contributed by atoms with Crippen LogP contribution in [0.3, 0.4) is 0 Å². The van der Waals surface area contributed by atoms with Crippen molar-refractivity contribution in [3.63, 3.8) is 0 Å². The highest BCUT2D eigenvalue weighted by molar-refractivity contribution is 8.18. The molecule has 4 nitrogen and oxygen atoms in total. The Morgan fingerprint density at radius 1 is 1.03 bits per heavy atom. The molecule has 0 radical (unpaired) electrons. The fourth-order valence-electron chi connectivity index (χ4n) is 3.88. The average molecular weight is 456 g/mol. The number of hydrogen-bond donors (Lipinski definition) is 1. The monoisotopic (exact) mass is 455 g/mol. The molecule has 3 aromatic carbocycles. The normalized spacial score (nSPS) is 16.1. The largest absolute Gasteiger partial charge is 0.342 e. The van der Waals surface area contributed by atoms with E-state index in [4.69, 9.17) is 0 Å². The zero-order valence-corrected chi connectivity index (χ0v) is 18.9. The summed E-state index contributed by atoms with van der Waals surface area (Å²) in [5, 5.41) is 4.42. The first-order valence-electron chi connectivity index (χ1n) is 10.8. The summed E-state index contributed by atoms with van der Waals surface area (Å²) in [6.07, 6.45) is 4.82. The molecule has 1 amide bonds. The molecule has 6 heteroatoms. The molecule has 1 N–H and O–H groups in total. The van der Waals surface area contributed by atoms with Crippen LogP contribution in [0.1, 0.15) is 23.6 Å². The minimum absolute atomic E-state index is 0.171. The molecule has 1 fully saturated rings. The molecule has 0 unspecified atom stereocenters. The highest BCUT2D eigenvalue weighted by atomic mass is 32.2. The molecule has 0 bridgehead atoms. The van der Waals surface area contributed by atoms with Crippen molar-refractivity contribution >= 4 is 45.5 Å². The number of benzene rings is 3. The zero-order chi connectivity index (χ0) is 22.8. The van der Waals surface area contributed by atoms with Gasteiger partial charge in [-0.1, -0.05) is 55.5 Å². The first-order valence-corrected chi connectivity index (χ1v) is 11.6. The van der Waals surface area contributed by atoms with Gasteiger partial charge >= 0.3 is 0 Å². The lowest BCUT2D eigenvalue weighted by molar-refractivity contribution is -0.115. The number of rotatable bonds is 5. The molecule has 1 saturated heterocycles. The van der Waals surface area contributed by atoms with Gasteiger partial charge < -0.3 is 9.88 Å². The molecular formula is C27H22FN3OS. The van der Waals surface area contributed by atoms with Crippen molar-refractivity contribution in [2.75, 3.05) is 0 Å².